The Labute approximate surface area is 180 Å². The summed E-state index contributed by atoms with van der Waals surface area (Å²) >= 11 is 3.40. The van der Waals surface area contributed by atoms with Gasteiger partial charge in [0.05, 0.1) is 28.1 Å². The lowest BCUT2D eigenvalue weighted by atomic mass is 9.72. The summed E-state index contributed by atoms with van der Waals surface area (Å²) in [6.07, 6.45) is 3.26. The predicted octanol–water partition coefficient (Wildman–Crippen LogP) is 5.46. The molecule has 2 unspecified atom stereocenters. The van der Waals surface area contributed by atoms with Crippen molar-refractivity contribution in [1.29, 1.82) is 5.26 Å². The van der Waals surface area contributed by atoms with Crippen molar-refractivity contribution in [3.8, 4) is 17.6 Å². The summed E-state index contributed by atoms with van der Waals surface area (Å²) in [6, 6.07) is 5.82. The third-order valence-electron chi connectivity index (χ3n) is 5.48. The van der Waals surface area contributed by atoms with Gasteiger partial charge in [-0.3, -0.25) is 4.79 Å². The first-order valence-electron chi connectivity index (χ1n) is 10.1. The summed E-state index contributed by atoms with van der Waals surface area (Å²) in [5.74, 6) is 0.327. The molecule has 1 aromatic rings. The van der Waals surface area contributed by atoms with E-state index in [1.165, 1.54) is 0 Å². The lowest BCUT2D eigenvalue weighted by Crippen LogP contribution is -2.34. The number of carbonyl (C=O) groups is 1. The van der Waals surface area contributed by atoms with E-state index in [0.717, 1.165) is 36.2 Å². The molecule has 2 N–H and O–H groups in total. The van der Waals surface area contributed by atoms with Crippen LogP contribution < -0.4 is 10.1 Å². The Morgan fingerprint density at radius 3 is 2.72 bits per heavy atom. The summed E-state index contributed by atoms with van der Waals surface area (Å²) in [6.45, 7) is 7.78. The van der Waals surface area contributed by atoms with E-state index in [0.29, 0.717) is 33.7 Å². The van der Waals surface area contributed by atoms with Crippen molar-refractivity contribution >= 4 is 21.7 Å². The number of hydrogen-bond donors (Lipinski definition) is 2. The molecule has 6 heteroatoms. The first-order chi connectivity index (χ1) is 13.8. The maximum absolute atomic E-state index is 13.2. The number of halogens is 1. The van der Waals surface area contributed by atoms with Crippen molar-refractivity contribution < 1.29 is 14.6 Å². The molecule has 154 valence electrons. The molecular weight excluding hydrogens is 432 g/mol. The molecule has 3 rings (SSSR count). The van der Waals surface area contributed by atoms with Gasteiger partial charge in [0.1, 0.15) is 0 Å². The van der Waals surface area contributed by atoms with Crippen LogP contribution in [-0.2, 0) is 4.79 Å². The lowest BCUT2D eigenvalue weighted by Gasteiger charge is -2.35. The van der Waals surface area contributed by atoms with Crippen LogP contribution in [0.25, 0.3) is 0 Å². The fourth-order valence-corrected chi connectivity index (χ4v) is 4.78. The van der Waals surface area contributed by atoms with E-state index in [1.54, 1.807) is 12.1 Å². The van der Waals surface area contributed by atoms with Gasteiger partial charge < -0.3 is 15.2 Å². The van der Waals surface area contributed by atoms with E-state index >= 15 is 0 Å². The normalized spacial score (nSPS) is 21.8. The second-order valence-corrected chi connectivity index (χ2v) is 8.96. The zero-order valence-corrected chi connectivity index (χ0v) is 18.9. The Hall–Kier alpha value is -2.26. The average molecular weight is 459 g/mol. The van der Waals surface area contributed by atoms with E-state index in [9.17, 15) is 15.2 Å². The molecule has 0 aromatic heterocycles. The van der Waals surface area contributed by atoms with Gasteiger partial charge in [-0.05, 0) is 73.2 Å². The first kappa shape index (κ1) is 21.4. The number of benzene rings is 1. The summed E-state index contributed by atoms with van der Waals surface area (Å²) in [7, 11) is 0. The van der Waals surface area contributed by atoms with E-state index < -0.39 is 5.92 Å². The predicted molar refractivity (Wildman–Crippen MR) is 115 cm³/mol. The van der Waals surface area contributed by atoms with Crippen LogP contribution in [0.2, 0.25) is 0 Å². The Balaban J connectivity index is 2.15. The van der Waals surface area contributed by atoms with Crippen LogP contribution in [0.5, 0.6) is 11.5 Å². The summed E-state index contributed by atoms with van der Waals surface area (Å²) in [5, 5.41) is 23.6. The highest BCUT2D eigenvalue weighted by Gasteiger charge is 2.38. The molecule has 29 heavy (non-hydrogen) atoms. The van der Waals surface area contributed by atoms with Gasteiger partial charge in [0.15, 0.2) is 17.3 Å². The van der Waals surface area contributed by atoms with E-state index in [4.69, 9.17) is 4.74 Å². The number of nitrogens with one attached hydrogen (secondary N) is 1. The van der Waals surface area contributed by atoms with E-state index in [-0.39, 0.29) is 17.6 Å². The topological polar surface area (TPSA) is 82.4 Å². The number of rotatable bonds is 5. The average Bonchev–Trinajstić information content (AvgIpc) is 2.64. The van der Waals surface area contributed by atoms with Crippen LogP contribution in [0.15, 0.2) is 39.1 Å². The third-order valence-corrected chi connectivity index (χ3v) is 6.08. The monoisotopic (exact) mass is 458 g/mol. The minimum atomic E-state index is -0.460. The fourth-order valence-electron chi connectivity index (χ4n) is 4.32. The molecule has 0 fully saturated rings. The number of Topliss-reactive ketones (excluding diaryl/α,β-unsaturated/α-hetero) is 1. The van der Waals surface area contributed by atoms with Gasteiger partial charge in [0.25, 0.3) is 0 Å². The van der Waals surface area contributed by atoms with Gasteiger partial charge >= 0.3 is 0 Å². The molecule has 1 aromatic carbocycles. The molecule has 1 aliphatic carbocycles. The van der Waals surface area contributed by atoms with Gasteiger partial charge in [-0.2, -0.15) is 5.26 Å². The number of ketones is 1. The van der Waals surface area contributed by atoms with Crippen LogP contribution in [0.1, 0.15) is 64.9 Å². The molecule has 1 heterocycles. The maximum atomic E-state index is 13.2. The number of aromatic hydroxyl groups is 1. The Morgan fingerprint density at radius 1 is 1.38 bits per heavy atom. The van der Waals surface area contributed by atoms with Gasteiger partial charge in [-0.25, -0.2) is 0 Å². The van der Waals surface area contributed by atoms with Crippen LogP contribution >= 0.6 is 15.9 Å². The quantitative estimate of drug-likeness (QED) is 0.611. The van der Waals surface area contributed by atoms with Gasteiger partial charge in [-0.1, -0.05) is 13.3 Å². The molecule has 0 spiro atoms. The SMILES string of the molecule is CCCC1CC(=O)C2=C(C1)NC(C)=C(C#N)C2c1cc(Br)c(O)c(OC(C)C)c1. The maximum Gasteiger partial charge on any atom is 0.172 e. The highest BCUT2D eigenvalue weighted by molar-refractivity contribution is 9.10. The second-order valence-electron chi connectivity index (χ2n) is 8.10. The number of ether oxygens (including phenoxy) is 1. The van der Waals surface area contributed by atoms with Crippen molar-refractivity contribution in [3.63, 3.8) is 0 Å². The molecule has 2 atom stereocenters. The number of dihydropyridines is 1. The fraction of sp³-hybridized carbons (Fsp3) is 0.478. The zero-order chi connectivity index (χ0) is 21.3. The smallest absolute Gasteiger partial charge is 0.172 e. The number of phenolic OH excluding ortho intramolecular Hbond substituents is 1. The lowest BCUT2D eigenvalue weighted by molar-refractivity contribution is -0.117. The van der Waals surface area contributed by atoms with E-state index in [1.807, 2.05) is 20.8 Å². The van der Waals surface area contributed by atoms with Crippen molar-refractivity contribution in [2.75, 3.05) is 0 Å². The van der Waals surface area contributed by atoms with Crippen molar-refractivity contribution in [2.24, 2.45) is 5.92 Å². The molecule has 1 aliphatic heterocycles. The Kier molecular flexibility index (Phi) is 6.38. The third kappa shape index (κ3) is 4.20. The van der Waals surface area contributed by atoms with Crippen LogP contribution in [-0.4, -0.2) is 17.0 Å². The summed E-state index contributed by atoms with van der Waals surface area (Å²) in [4.78, 5) is 13.2. The molecule has 0 radical (unpaired) electrons. The van der Waals surface area contributed by atoms with Crippen molar-refractivity contribution in [3.05, 3.63) is 44.7 Å². The Morgan fingerprint density at radius 2 is 2.10 bits per heavy atom. The number of phenols is 1. The van der Waals surface area contributed by atoms with Crippen molar-refractivity contribution in [2.45, 2.75) is 65.4 Å². The number of nitrogens with zero attached hydrogens (tertiary/aromatic N) is 1. The van der Waals surface area contributed by atoms with Crippen LogP contribution in [0.4, 0.5) is 0 Å². The number of hydrogen-bond acceptors (Lipinski definition) is 5. The summed E-state index contributed by atoms with van der Waals surface area (Å²) in [5.41, 5.74) is 3.66. The molecule has 5 nitrogen and oxygen atoms in total. The highest BCUT2D eigenvalue weighted by atomic mass is 79.9. The number of allylic oxidation sites excluding steroid dienone is 4. The molecule has 0 bridgehead atoms. The minimum absolute atomic E-state index is 0.0165. The summed E-state index contributed by atoms with van der Waals surface area (Å²) < 4.78 is 6.25. The van der Waals surface area contributed by atoms with Crippen molar-refractivity contribution in [1.82, 2.24) is 5.32 Å². The van der Waals surface area contributed by atoms with E-state index in [2.05, 4.69) is 34.2 Å². The van der Waals surface area contributed by atoms with Crippen LogP contribution in [0.3, 0.4) is 0 Å². The van der Waals surface area contributed by atoms with Gasteiger partial charge in [0.2, 0.25) is 0 Å². The first-order valence-corrected chi connectivity index (χ1v) is 10.9. The standard InChI is InChI=1S/C23H27BrN2O3/c1-5-6-14-7-18-22(19(27)8-14)21(16(11-25)13(4)26-18)15-9-17(24)23(28)20(10-15)29-12(2)3/h9-10,12,14,21,26,28H,5-8H2,1-4H3. The molecule has 0 saturated heterocycles. The number of carbonyl (C=O) groups excluding carboxylic acids is 1. The van der Waals surface area contributed by atoms with Gasteiger partial charge in [0, 0.05) is 23.4 Å². The zero-order valence-electron chi connectivity index (χ0n) is 17.3. The van der Waals surface area contributed by atoms with Crippen LogP contribution in [0, 0.1) is 17.2 Å². The molecule has 0 saturated carbocycles. The van der Waals surface area contributed by atoms with Gasteiger partial charge in [-0.15, -0.1) is 0 Å². The molecular formula is C23H27BrN2O3. The highest BCUT2D eigenvalue weighted by Crippen LogP contribution is 2.47. The minimum Gasteiger partial charge on any atom is -0.503 e. The second kappa shape index (κ2) is 8.62. The Bertz CT molecular complexity index is 940. The molecule has 2 aliphatic rings. The number of nitriles is 1. The largest absolute Gasteiger partial charge is 0.503 e. The molecule has 0 amide bonds.